The zero-order valence-electron chi connectivity index (χ0n) is 25.9. The highest BCUT2D eigenvalue weighted by molar-refractivity contribution is 7.98. The lowest BCUT2D eigenvalue weighted by Crippen LogP contribution is -2.42. The van der Waals surface area contributed by atoms with Gasteiger partial charge in [-0.2, -0.15) is 10.5 Å². The monoisotopic (exact) mass is 762 g/mol. The molecule has 0 saturated heterocycles. The van der Waals surface area contributed by atoms with Crippen molar-refractivity contribution in [1.82, 2.24) is 15.3 Å². The number of anilines is 1. The molecule has 0 aliphatic carbocycles. The Hall–Kier alpha value is -4.12. The third kappa shape index (κ3) is 11.5. The van der Waals surface area contributed by atoms with Gasteiger partial charge in [0.1, 0.15) is 52.5 Å². The van der Waals surface area contributed by atoms with Crippen molar-refractivity contribution in [2.24, 2.45) is 11.5 Å². The van der Waals surface area contributed by atoms with Gasteiger partial charge in [0.2, 0.25) is 5.91 Å². The van der Waals surface area contributed by atoms with Gasteiger partial charge in [0.25, 0.3) is 0 Å². The van der Waals surface area contributed by atoms with Crippen molar-refractivity contribution in [3.05, 3.63) is 75.8 Å². The minimum Gasteiger partial charge on any atom is -0.490 e. The van der Waals surface area contributed by atoms with Gasteiger partial charge in [0.05, 0.1) is 17.3 Å². The maximum Gasteiger partial charge on any atom is 0.305 e. The highest BCUT2D eigenvalue weighted by Gasteiger charge is 2.21. The van der Waals surface area contributed by atoms with E-state index in [2.05, 4.69) is 22.4 Å². The van der Waals surface area contributed by atoms with E-state index in [0.717, 1.165) is 16.3 Å². The smallest absolute Gasteiger partial charge is 0.305 e. The Balaban J connectivity index is 0.00000417. The van der Waals surface area contributed by atoms with E-state index in [9.17, 15) is 20.1 Å². The van der Waals surface area contributed by atoms with E-state index in [1.54, 1.807) is 24.3 Å². The van der Waals surface area contributed by atoms with Crippen LogP contribution in [0.2, 0.25) is 5.02 Å². The molecule has 1 unspecified atom stereocenters. The standard InChI is InChI=1S/C32H31ClN8O4S2.2ClH/c33-21-5-1-20(2-6-21)31-40-22(17-46-31)18-47-32-25(16-36)28(24(15-35)29(38)41-32)19-3-7-23(8-4-19)44-13-14-45-27(42)10-9-26(37)30(43)39-12-11-34;;/h1-8,17,26H,9-14,18,34,37H2,(H2,38,41)(H,39,43);2*1H. The number of benzene rings is 2. The predicted molar refractivity (Wildman–Crippen MR) is 196 cm³/mol. The average molecular weight is 764 g/mol. The summed E-state index contributed by atoms with van der Waals surface area (Å²) in [7, 11) is 0. The number of halogens is 3. The van der Waals surface area contributed by atoms with Gasteiger partial charge < -0.3 is 32.0 Å². The molecule has 49 heavy (non-hydrogen) atoms. The number of esters is 1. The van der Waals surface area contributed by atoms with Crippen LogP contribution in [0.1, 0.15) is 29.7 Å². The molecule has 0 aliphatic rings. The fourth-order valence-electron chi connectivity index (χ4n) is 4.27. The molecule has 0 fully saturated rings. The lowest BCUT2D eigenvalue weighted by atomic mass is 9.97. The number of thioether (sulfide) groups is 1. The Morgan fingerprint density at radius 1 is 1.00 bits per heavy atom. The molecule has 2 aromatic heterocycles. The average Bonchev–Trinajstić information content (AvgIpc) is 3.56. The Kier molecular flexibility index (Phi) is 17.1. The third-order valence-electron chi connectivity index (χ3n) is 6.61. The van der Waals surface area contributed by atoms with E-state index < -0.39 is 12.0 Å². The van der Waals surface area contributed by atoms with E-state index in [1.165, 1.54) is 23.1 Å². The lowest BCUT2D eigenvalue weighted by Gasteiger charge is -2.14. The molecular weight excluding hydrogens is 731 g/mol. The maximum atomic E-state index is 12.0. The largest absolute Gasteiger partial charge is 0.490 e. The van der Waals surface area contributed by atoms with Crippen LogP contribution in [0.15, 0.2) is 58.9 Å². The zero-order chi connectivity index (χ0) is 33.8. The van der Waals surface area contributed by atoms with Gasteiger partial charge in [-0.05, 0) is 36.2 Å². The number of nitrogens with zero attached hydrogens (tertiary/aromatic N) is 4. The number of nitrogens with two attached hydrogens (primary N) is 3. The Labute approximate surface area is 309 Å². The second-order valence-corrected chi connectivity index (χ2v) is 12.2. The topological polar surface area (TPSA) is 216 Å². The number of hydrogen-bond donors (Lipinski definition) is 4. The molecule has 4 aromatic rings. The molecule has 1 amide bonds. The van der Waals surface area contributed by atoms with Gasteiger partial charge >= 0.3 is 5.97 Å². The van der Waals surface area contributed by atoms with Crippen LogP contribution in [-0.2, 0) is 20.1 Å². The van der Waals surface area contributed by atoms with Crippen LogP contribution < -0.4 is 27.3 Å². The molecule has 0 bridgehead atoms. The number of carbonyl (C=O) groups excluding carboxylic acids is 2. The minimum absolute atomic E-state index is 0. The normalized spacial score (nSPS) is 10.8. The molecule has 258 valence electrons. The number of carbonyl (C=O) groups is 2. The van der Waals surface area contributed by atoms with E-state index >= 15 is 0 Å². The quantitative estimate of drug-likeness (QED) is 0.0708. The van der Waals surface area contributed by atoms with Crippen molar-refractivity contribution < 1.29 is 19.1 Å². The summed E-state index contributed by atoms with van der Waals surface area (Å²) in [6.45, 7) is 0.687. The van der Waals surface area contributed by atoms with Crippen molar-refractivity contribution >= 4 is 77.2 Å². The predicted octanol–water partition coefficient (Wildman–Crippen LogP) is 5.09. The van der Waals surface area contributed by atoms with Gasteiger partial charge in [-0.15, -0.1) is 36.2 Å². The SMILES string of the molecule is Cl.Cl.N#Cc1c(N)nc(SCc2csc(-c3ccc(Cl)cc3)n2)c(C#N)c1-c1ccc(OCCOC(=O)CCC(N)C(=O)NCCN)cc1. The van der Waals surface area contributed by atoms with Crippen LogP contribution >= 0.6 is 59.5 Å². The number of amides is 1. The second kappa shape index (κ2) is 20.4. The number of ether oxygens (including phenoxy) is 2. The van der Waals surface area contributed by atoms with Gasteiger partial charge in [0.15, 0.2) is 0 Å². The first-order chi connectivity index (χ1) is 22.7. The van der Waals surface area contributed by atoms with Crippen LogP contribution in [0.5, 0.6) is 5.75 Å². The van der Waals surface area contributed by atoms with Gasteiger partial charge in [-0.1, -0.05) is 47.6 Å². The Bertz CT molecular complexity index is 1800. The molecular formula is C32H33Cl3N8O4S2. The fraction of sp³-hybridized carbons (Fsp3) is 0.250. The molecule has 17 heteroatoms. The number of nitrogen functional groups attached to an aromatic ring is 1. The summed E-state index contributed by atoms with van der Waals surface area (Å²) < 4.78 is 10.8. The first kappa shape index (κ1) is 41.1. The van der Waals surface area contributed by atoms with Crippen molar-refractivity contribution in [2.45, 2.75) is 29.7 Å². The van der Waals surface area contributed by atoms with E-state index in [0.29, 0.717) is 45.8 Å². The summed E-state index contributed by atoms with van der Waals surface area (Å²) in [6, 6.07) is 17.7. The molecule has 0 saturated carbocycles. The summed E-state index contributed by atoms with van der Waals surface area (Å²) in [5.74, 6) is 0.0636. The number of nitrogens with one attached hydrogen (secondary N) is 1. The molecule has 2 heterocycles. The van der Waals surface area contributed by atoms with Crippen LogP contribution in [-0.4, -0.2) is 54.2 Å². The summed E-state index contributed by atoms with van der Waals surface area (Å²) in [6.07, 6.45) is 0.126. The highest BCUT2D eigenvalue weighted by atomic mass is 35.5. The number of aromatic nitrogens is 2. The number of pyridine rings is 1. The summed E-state index contributed by atoms with van der Waals surface area (Å²) in [4.78, 5) is 32.8. The molecule has 0 aliphatic heterocycles. The summed E-state index contributed by atoms with van der Waals surface area (Å²) >= 11 is 8.81. The number of rotatable bonds is 15. The van der Waals surface area contributed by atoms with Gasteiger partial charge in [-0.25, -0.2) is 9.97 Å². The van der Waals surface area contributed by atoms with Gasteiger partial charge in [-0.3, -0.25) is 9.59 Å². The molecule has 12 nitrogen and oxygen atoms in total. The van der Waals surface area contributed by atoms with Crippen LogP contribution in [0.3, 0.4) is 0 Å². The van der Waals surface area contributed by atoms with Crippen molar-refractivity contribution in [3.63, 3.8) is 0 Å². The number of thiazole rings is 1. The number of hydrogen-bond acceptors (Lipinski definition) is 13. The molecule has 7 N–H and O–H groups in total. The summed E-state index contributed by atoms with van der Waals surface area (Å²) in [5, 5.41) is 26.4. The van der Waals surface area contributed by atoms with E-state index in [4.69, 9.17) is 43.3 Å². The molecule has 4 rings (SSSR count). The van der Waals surface area contributed by atoms with Crippen LogP contribution in [0.4, 0.5) is 5.82 Å². The first-order valence-electron chi connectivity index (χ1n) is 14.3. The minimum atomic E-state index is -0.829. The molecule has 1 atom stereocenters. The Morgan fingerprint density at radius 3 is 2.33 bits per heavy atom. The molecule has 2 aromatic carbocycles. The number of nitriles is 2. The second-order valence-electron chi connectivity index (χ2n) is 9.91. The van der Waals surface area contributed by atoms with E-state index in [-0.39, 0.29) is 73.7 Å². The summed E-state index contributed by atoms with van der Waals surface area (Å²) in [5.41, 5.74) is 20.3. The van der Waals surface area contributed by atoms with Gasteiger partial charge in [0, 0.05) is 46.8 Å². The molecule has 0 spiro atoms. The van der Waals surface area contributed by atoms with Crippen molar-refractivity contribution in [3.8, 4) is 39.6 Å². The zero-order valence-corrected chi connectivity index (χ0v) is 29.9. The van der Waals surface area contributed by atoms with Crippen molar-refractivity contribution in [1.29, 1.82) is 10.5 Å². The van der Waals surface area contributed by atoms with Crippen LogP contribution in [0.25, 0.3) is 21.7 Å². The van der Waals surface area contributed by atoms with Crippen LogP contribution in [0, 0.1) is 22.7 Å². The fourth-order valence-corrected chi connectivity index (χ4v) is 6.21. The Morgan fingerprint density at radius 2 is 1.67 bits per heavy atom. The maximum absolute atomic E-state index is 12.0. The molecule has 0 radical (unpaired) electrons. The van der Waals surface area contributed by atoms with E-state index in [1.807, 2.05) is 29.6 Å². The lowest BCUT2D eigenvalue weighted by molar-refractivity contribution is -0.144. The highest BCUT2D eigenvalue weighted by Crippen LogP contribution is 2.37. The third-order valence-corrected chi connectivity index (χ3v) is 8.81. The van der Waals surface area contributed by atoms with Crippen molar-refractivity contribution in [2.75, 3.05) is 32.0 Å². The first-order valence-corrected chi connectivity index (χ1v) is 16.6.